The molecule has 1 rings (SSSR count). The summed E-state index contributed by atoms with van der Waals surface area (Å²) in [5, 5.41) is 15.3. The smallest absolute Gasteiger partial charge is 0.263 e. The largest absolute Gasteiger partial charge is 0.507 e. The normalized spacial score (nSPS) is 12.4. The van der Waals surface area contributed by atoms with Crippen LogP contribution in [0.15, 0.2) is 71.8 Å². The minimum absolute atomic E-state index is 0.0111. The Bertz CT molecular complexity index is 1020. The highest BCUT2D eigenvalue weighted by Gasteiger charge is 2.19. The zero-order valence-electron chi connectivity index (χ0n) is 19.7. The lowest BCUT2D eigenvalue weighted by Gasteiger charge is -2.10. The molecule has 0 unspecified atom stereocenters. The summed E-state index contributed by atoms with van der Waals surface area (Å²) in [6, 6.07) is 6.09. The zero-order chi connectivity index (χ0) is 25.1. The molecular weight excluding hydrogens is 424 g/mol. The third-order valence-corrected chi connectivity index (χ3v) is 4.04. The van der Waals surface area contributed by atoms with Crippen LogP contribution in [0.2, 0.25) is 0 Å². The van der Waals surface area contributed by atoms with Crippen LogP contribution in [-0.2, 0) is 19.2 Å². The van der Waals surface area contributed by atoms with Gasteiger partial charge in [0.15, 0.2) is 11.6 Å². The molecule has 0 aliphatic carbocycles. The van der Waals surface area contributed by atoms with E-state index in [-0.39, 0.29) is 16.9 Å². The van der Waals surface area contributed by atoms with Gasteiger partial charge in [-0.05, 0) is 62.5 Å². The van der Waals surface area contributed by atoms with E-state index < -0.39 is 23.4 Å². The first-order chi connectivity index (χ1) is 15.4. The number of benzene rings is 1. The second kappa shape index (κ2) is 12.7. The summed E-state index contributed by atoms with van der Waals surface area (Å²) in [7, 11) is 7.09. The summed E-state index contributed by atoms with van der Waals surface area (Å²) in [5.41, 5.74) is 0.355. The topological polar surface area (TPSA) is 119 Å². The van der Waals surface area contributed by atoms with E-state index in [4.69, 9.17) is 0 Å². The molecule has 0 aromatic heterocycles. The van der Waals surface area contributed by atoms with E-state index in [9.17, 15) is 24.3 Å². The lowest BCUT2D eigenvalue weighted by Crippen LogP contribution is -2.21. The van der Waals surface area contributed by atoms with E-state index in [1.165, 1.54) is 56.5 Å². The number of allylic oxidation sites excluding steroid dienone is 3. The highest BCUT2D eigenvalue weighted by Crippen LogP contribution is 2.17. The standard InChI is InChI=1S/C24H30N4O5/c1-16(29)20(8-7-14-27(3)4)23(32)25-18-9-11-19(12-10-18)26-24(33)22(17(2)30)21(31)13-15-28(5)6/h7-15,31H,1-6H3,(H,25,32)(H,26,33)/b14-7+,15-13+,20-8-,22-21-. The van der Waals surface area contributed by atoms with Crippen LogP contribution in [0, 0.1) is 0 Å². The maximum Gasteiger partial charge on any atom is 0.263 e. The van der Waals surface area contributed by atoms with Crippen molar-refractivity contribution in [1.82, 2.24) is 9.80 Å². The number of aliphatic hydroxyl groups excluding tert-OH is 1. The Labute approximate surface area is 193 Å². The number of amides is 2. The number of Topliss-reactive ketones (excluding diaryl/α,β-unsaturated/α-hetero) is 2. The first-order valence-corrected chi connectivity index (χ1v) is 9.99. The number of carbonyl (C=O) groups excluding carboxylic acids is 4. The molecule has 0 saturated heterocycles. The van der Waals surface area contributed by atoms with Gasteiger partial charge in [0.1, 0.15) is 11.3 Å². The van der Waals surface area contributed by atoms with Crippen molar-refractivity contribution in [1.29, 1.82) is 0 Å². The van der Waals surface area contributed by atoms with Crippen molar-refractivity contribution in [2.75, 3.05) is 38.8 Å². The number of hydrogen-bond donors (Lipinski definition) is 3. The highest BCUT2D eigenvalue weighted by atomic mass is 16.3. The molecule has 0 atom stereocenters. The third kappa shape index (κ3) is 9.26. The highest BCUT2D eigenvalue weighted by molar-refractivity contribution is 6.24. The fourth-order valence-corrected chi connectivity index (χ4v) is 2.45. The molecule has 0 fully saturated rings. The molecule has 2 amide bonds. The minimum Gasteiger partial charge on any atom is -0.507 e. The van der Waals surface area contributed by atoms with Crippen molar-refractivity contribution in [3.8, 4) is 0 Å². The molecule has 0 aliphatic heterocycles. The van der Waals surface area contributed by atoms with Gasteiger partial charge in [0.2, 0.25) is 0 Å². The molecule has 0 saturated carbocycles. The first-order valence-electron chi connectivity index (χ1n) is 9.99. The van der Waals surface area contributed by atoms with Gasteiger partial charge in [0.05, 0.1) is 5.57 Å². The second-order valence-electron chi connectivity index (χ2n) is 7.52. The number of nitrogens with zero attached hydrogens (tertiary/aromatic N) is 2. The van der Waals surface area contributed by atoms with Gasteiger partial charge in [-0.25, -0.2) is 0 Å². The molecular formula is C24H30N4O5. The molecule has 0 radical (unpaired) electrons. The van der Waals surface area contributed by atoms with Crippen LogP contribution >= 0.6 is 0 Å². The maximum atomic E-state index is 12.5. The van der Waals surface area contributed by atoms with E-state index >= 15 is 0 Å². The Balaban J connectivity index is 2.97. The molecule has 0 aliphatic rings. The van der Waals surface area contributed by atoms with Crippen molar-refractivity contribution in [3.05, 3.63) is 71.8 Å². The average molecular weight is 455 g/mol. The fraction of sp³-hybridized carbons (Fsp3) is 0.250. The van der Waals surface area contributed by atoms with Crippen LogP contribution in [0.1, 0.15) is 13.8 Å². The van der Waals surface area contributed by atoms with Crippen molar-refractivity contribution in [2.24, 2.45) is 0 Å². The molecule has 0 spiro atoms. The fourth-order valence-electron chi connectivity index (χ4n) is 2.45. The van der Waals surface area contributed by atoms with Gasteiger partial charge >= 0.3 is 0 Å². The third-order valence-electron chi connectivity index (χ3n) is 4.04. The Hall–Kier alpha value is -4.14. The van der Waals surface area contributed by atoms with E-state index in [1.807, 2.05) is 14.1 Å². The van der Waals surface area contributed by atoms with Crippen LogP contribution in [-0.4, -0.2) is 66.5 Å². The summed E-state index contributed by atoms with van der Waals surface area (Å²) < 4.78 is 0. The summed E-state index contributed by atoms with van der Waals surface area (Å²) in [6.45, 7) is 2.48. The Morgan fingerprint density at radius 3 is 1.70 bits per heavy atom. The SMILES string of the molecule is CC(=O)/C(=C/C=C/N(C)C)C(=O)Nc1ccc(NC(=O)/C(C(C)=O)=C(O)/C=C/N(C)C)cc1. The first kappa shape index (κ1) is 26.9. The number of carbonyl (C=O) groups is 4. The maximum absolute atomic E-state index is 12.5. The summed E-state index contributed by atoms with van der Waals surface area (Å²) in [4.78, 5) is 52.0. The van der Waals surface area contributed by atoms with E-state index in [0.29, 0.717) is 11.4 Å². The number of ketones is 2. The number of hydrogen-bond acceptors (Lipinski definition) is 7. The molecule has 9 nitrogen and oxygen atoms in total. The molecule has 0 heterocycles. The van der Waals surface area contributed by atoms with Crippen LogP contribution in [0.25, 0.3) is 0 Å². The van der Waals surface area contributed by atoms with Crippen LogP contribution in [0.4, 0.5) is 11.4 Å². The number of aliphatic hydroxyl groups is 1. The van der Waals surface area contributed by atoms with Gasteiger partial charge < -0.3 is 25.5 Å². The molecule has 1 aromatic rings. The van der Waals surface area contributed by atoms with E-state index in [1.54, 1.807) is 36.2 Å². The quantitative estimate of drug-likeness (QED) is 0.163. The average Bonchev–Trinajstić information content (AvgIpc) is 2.70. The summed E-state index contributed by atoms with van der Waals surface area (Å²) >= 11 is 0. The molecule has 33 heavy (non-hydrogen) atoms. The van der Waals surface area contributed by atoms with Gasteiger partial charge in [0, 0.05) is 45.8 Å². The van der Waals surface area contributed by atoms with E-state index in [0.717, 1.165) is 0 Å². The predicted octanol–water partition coefficient (Wildman–Crippen LogP) is 2.63. The lowest BCUT2D eigenvalue weighted by molar-refractivity contribution is -0.120. The number of nitrogens with one attached hydrogen (secondary N) is 2. The monoisotopic (exact) mass is 454 g/mol. The van der Waals surface area contributed by atoms with Crippen molar-refractivity contribution < 1.29 is 24.3 Å². The van der Waals surface area contributed by atoms with Crippen LogP contribution in [0.3, 0.4) is 0 Å². The summed E-state index contributed by atoms with van der Waals surface area (Å²) in [6.07, 6.45) is 7.48. The Morgan fingerprint density at radius 2 is 1.27 bits per heavy atom. The number of rotatable bonds is 10. The van der Waals surface area contributed by atoms with Crippen LogP contribution in [0.5, 0.6) is 0 Å². The van der Waals surface area contributed by atoms with Crippen molar-refractivity contribution in [2.45, 2.75) is 13.8 Å². The van der Waals surface area contributed by atoms with E-state index in [2.05, 4.69) is 10.6 Å². The molecule has 9 heteroatoms. The van der Waals surface area contributed by atoms with Gasteiger partial charge in [-0.3, -0.25) is 19.2 Å². The Morgan fingerprint density at radius 1 is 0.788 bits per heavy atom. The van der Waals surface area contributed by atoms with Gasteiger partial charge in [-0.2, -0.15) is 0 Å². The van der Waals surface area contributed by atoms with Gasteiger partial charge in [0.25, 0.3) is 11.8 Å². The molecule has 176 valence electrons. The minimum atomic E-state index is -0.769. The molecule has 1 aromatic carbocycles. The van der Waals surface area contributed by atoms with Gasteiger partial charge in [-0.15, -0.1) is 0 Å². The summed E-state index contributed by atoms with van der Waals surface area (Å²) in [5.74, 6) is -2.77. The van der Waals surface area contributed by atoms with Crippen molar-refractivity contribution in [3.63, 3.8) is 0 Å². The Kier molecular flexibility index (Phi) is 10.3. The van der Waals surface area contributed by atoms with Crippen LogP contribution < -0.4 is 10.6 Å². The predicted molar refractivity (Wildman–Crippen MR) is 128 cm³/mol. The number of anilines is 2. The molecule has 3 N–H and O–H groups in total. The van der Waals surface area contributed by atoms with Gasteiger partial charge in [-0.1, -0.05) is 0 Å². The van der Waals surface area contributed by atoms with Crippen molar-refractivity contribution >= 4 is 34.8 Å². The zero-order valence-corrected chi connectivity index (χ0v) is 19.7. The second-order valence-corrected chi connectivity index (χ2v) is 7.52. The molecule has 0 bridgehead atoms. The lowest BCUT2D eigenvalue weighted by atomic mass is 10.1.